The molecule has 2 aromatic rings. The summed E-state index contributed by atoms with van der Waals surface area (Å²) < 4.78 is 10.9. The number of hydrogen-bond donors (Lipinski definition) is 1. The Hall–Kier alpha value is -2.34. The smallest absolute Gasteiger partial charge is 0.338 e. The van der Waals surface area contributed by atoms with E-state index in [2.05, 4.69) is 21.2 Å². The van der Waals surface area contributed by atoms with Crippen molar-refractivity contribution in [1.29, 1.82) is 0 Å². The molecule has 0 atom stereocenters. The molecule has 0 saturated heterocycles. The van der Waals surface area contributed by atoms with Gasteiger partial charge in [-0.1, -0.05) is 32.0 Å². The largest absolute Gasteiger partial charge is 0.496 e. The van der Waals surface area contributed by atoms with Crippen LogP contribution in [0.2, 0.25) is 0 Å². The van der Waals surface area contributed by atoms with Crippen LogP contribution in [0.1, 0.15) is 35.3 Å². The predicted molar refractivity (Wildman–Crippen MR) is 105 cm³/mol. The van der Waals surface area contributed by atoms with Crippen molar-refractivity contribution >= 4 is 33.5 Å². The molecule has 0 fully saturated rings. The maximum Gasteiger partial charge on any atom is 0.338 e. The summed E-state index contributed by atoms with van der Waals surface area (Å²) in [7, 11) is 1.54. The number of amides is 1. The topological polar surface area (TPSA) is 64.6 Å². The molecule has 0 radical (unpaired) electrons. The molecule has 0 bridgehead atoms. The normalized spacial score (nSPS) is 10.3. The SMILES string of the molecule is CCc1cccc(CC)c1NC(=O)COC(=O)c1ccc(OC)c(Br)c1. The van der Waals surface area contributed by atoms with Crippen LogP contribution < -0.4 is 10.1 Å². The summed E-state index contributed by atoms with van der Waals surface area (Å²) in [6.45, 7) is 3.72. The summed E-state index contributed by atoms with van der Waals surface area (Å²) in [5.74, 6) is -0.313. The van der Waals surface area contributed by atoms with Crippen molar-refractivity contribution in [2.45, 2.75) is 26.7 Å². The number of ether oxygens (including phenoxy) is 2. The number of esters is 1. The van der Waals surface area contributed by atoms with Crippen LogP contribution in [0.15, 0.2) is 40.9 Å². The fourth-order valence-corrected chi connectivity index (χ4v) is 3.13. The molecule has 5 nitrogen and oxygen atoms in total. The molecule has 2 aromatic carbocycles. The molecule has 6 heteroatoms. The van der Waals surface area contributed by atoms with Crippen LogP contribution in [0.5, 0.6) is 5.75 Å². The summed E-state index contributed by atoms with van der Waals surface area (Å²) in [5.41, 5.74) is 3.27. The molecule has 1 N–H and O–H groups in total. The van der Waals surface area contributed by atoms with Gasteiger partial charge in [0.1, 0.15) is 5.75 Å². The lowest BCUT2D eigenvalue weighted by Crippen LogP contribution is -2.22. The molecule has 0 unspecified atom stereocenters. The number of benzene rings is 2. The molecule has 26 heavy (non-hydrogen) atoms. The Labute approximate surface area is 161 Å². The molecule has 2 rings (SSSR count). The van der Waals surface area contributed by atoms with Gasteiger partial charge in [0.25, 0.3) is 5.91 Å². The second kappa shape index (κ2) is 9.38. The number of carbonyl (C=O) groups is 2. The van der Waals surface area contributed by atoms with E-state index < -0.39 is 5.97 Å². The minimum absolute atomic E-state index is 0.341. The highest BCUT2D eigenvalue weighted by molar-refractivity contribution is 9.10. The van der Waals surface area contributed by atoms with Crippen molar-refractivity contribution < 1.29 is 19.1 Å². The number of rotatable bonds is 7. The van der Waals surface area contributed by atoms with Gasteiger partial charge in [0, 0.05) is 5.69 Å². The van der Waals surface area contributed by atoms with Crippen molar-refractivity contribution in [3.63, 3.8) is 0 Å². The highest BCUT2D eigenvalue weighted by Crippen LogP contribution is 2.26. The summed E-state index contributed by atoms with van der Waals surface area (Å²) in [4.78, 5) is 24.4. The summed E-state index contributed by atoms with van der Waals surface area (Å²) in [6, 6.07) is 10.8. The van der Waals surface area contributed by atoms with Gasteiger partial charge < -0.3 is 14.8 Å². The Balaban J connectivity index is 2.01. The fourth-order valence-electron chi connectivity index (χ4n) is 2.59. The van der Waals surface area contributed by atoms with Gasteiger partial charge >= 0.3 is 5.97 Å². The Kier molecular flexibility index (Phi) is 7.21. The van der Waals surface area contributed by atoms with E-state index in [9.17, 15) is 9.59 Å². The van der Waals surface area contributed by atoms with Gasteiger partial charge in [0.15, 0.2) is 6.61 Å². The number of carbonyl (C=O) groups excluding carboxylic acids is 2. The number of methoxy groups -OCH3 is 1. The minimum atomic E-state index is -0.567. The van der Waals surface area contributed by atoms with Crippen molar-refractivity contribution in [1.82, 2.24) is 0 Å². The first-order chi connectivity index (χ1) is 12.5. The standard InChI is InChI=1S/C20H22BrNO4/c1-4-13-7-6-8-14(5-2)19(13)22-18(23)12-26-20(24)15-9-10-17(25-3)16(21)11-15/h6-11H,4-5,12H2,1-3H3,(H,22,23). The number of anilines is 1. The molecule has 0 aliphatic rings. The fraction of sp³-hybridized carbons (Fsp3) is 0.300. The molecule has 1 amide bonds. The lowest BCUT2D eigenvalue weighted by molar-refractivity contribution is -0.119. The van der Waals surface area contributed by atoms with Gasteiger partial charge in [-0.2, -0.15) is 0 Å². The van der Waals surface area contributed by atoms with Crippen LogP contribution in [0, 0.1) is 0 Å². The zero-order valence-electron chi connectivity index (χ0n) is 15.1. The molecule has 0 saturated carbocycles. The monoisotopic (exact) mass is 419 g/mol. The molecule has 0 heterocycles. The van der Waals surface area contributed by atoms with Gasteiger partial charge in [-0.15, -0.1) is 0 Å². The lowest BCUT2D eigenvalue weighted by atomic mass is 10.0. The third kappa shape index (κ3) is 4.85. The number of para-hydroxylation sites is 1. The zero-order valence-corrected chi connectivity index (χ0v) is 16.7. The minimum Gasteiger partial charge on any atom is -0.496 e. The van der Waals surface area contributed by atoms with E-state index in [1.807, 2.05) is 32.0 Å². The van der Waals surface area contributed by atoms with E-state index in [0.717, 1.165) is 29.7 Å². The zero-order chi connectivity index (χ0) is 19.1. The van der Waals surface area contributed by atoms with Gasteiger partial charge in [-0.3, -0.25) is 4.79 Å². The average molecular weight is 420 g/mol. The van der Waals surface area contributed by atoms with Gasteiger partial charge in [0.2, 0.25) is 0 Å². The molecule has 138 valence electrons. The van der Waals surface area contributed by atoms with E-state index in [1.165, 1.54) is 0 Å². The Morgan fingerprint density at radius 3 is 2.27 bits per heavy atom. The number of halogens is 1. The van der Waals surface area contributed by atoms with Crippen LogP contribution in [0.25, 0.3) is 0 Å². The Morgan fingerprint density at radius 2 is 1.73 bits per heavy atom. The highest BCUT2D eigenvalue weighted by Gasteiger charge is 2.14. The van der Waals surface area contributed by atoms with E-state index in [0.29, 0.717) is 15.8 Å². The molecule has 0 aliphatic heterocycles. The van der Waals surface area contributed by atoms with Crippen molar-refractivity contribution in [3.05, 3.63) is 57.6 Å². The van der Waals surface area contributed by atoms with Crippen LogP contribution in [0.3, 0.4) is 0 Å². The Bertz CT molecular complexity index is 782. The first-order valence-corrected chi connectivity index (χ1v) is 9.20. The summed E-state index contributed by atoms with van der Waals surface area (Å²) in [5, 5.41) is 2.87. The molecule has 0 spiro atoms. The van der Waals surface area contributed by atoms with E-state index in [4.69, 9.17) is 9.47 Å². The van der Waals surface area contributed by atoms with Gasteiger partial charge in [-0.05, 0) is 58.1 Å². The van der Waals surface area contributed by atoms with Crippen molar-refractivity contribution in [2.24, 2.45) is 0 Å². The van der Waals surface area contributed by atoms with E-state index in [-0.39, 0.29) is 12.5 Å². The number of aryl methyl sites for hydroxylation is 2. The van der Waals surface area contributed by atoms with Crippen molar-refractivity contribution in [3.8, 4) is 5.75 Å². The second-order valence-corrected chi connectivity index (χ2v) is 6.49. The number of nitrogens with one attached hydrogen (secondary N) is 1. The van der Waals surface area contributed by atoms with Crippen LogP contribution in [-0.2, 0) is 22.4 Å². The molecular weight excluding hydrogens is 398 g/mol. The molecular formula is C20H22BrNO4. The van der Waals surface area contributed by atoms with Crippen LogP contribution in [0.4, 0.5) is 5.69 Å². The maximum absolute atomic E-state index is 12.2. The van der Waals surface area contributed by atoms with Gasteiger partial charge in [0.05, 0.1) is 17.1 Å². The molecule has 0 aliphatic carbocycles. The summed E-state index contributed by atoms with van der Waals surface area (Å²) >= 11 is 3.32. The van der Waals surface area contributed by atoms with E-state index in [1.54, 1.807) is 25.3 Å². The van der Waals surface area contributed by atoms with Gasteiger partial charge in [-0.25, -0.2) is 4.79 Å². The second-order valence-electron chi connectivity index (χ2n) is 5.63. The van der Waals surface area contributed by atoms with Crippen molar-refractivity contribution in [2.75, 3.05) is 19.0 Å². The Morgan fingerprint density at radius 1 is 1.08 bits per heavy atom. The van der Waals surface area contributed by atoms with Crippen LogP contribution in [-0.4, -0.2) is 25.6 Å². The van der Waals surface area contributed by atoms with E-state index >= 15 is 0 Å². The third-order valence-corrected chi connectivity index (χ3v) is 4.60. The maximum atomic E-state index is 12.2. The quantitative estimate of drug-likeness (QED) is 0.676. The average Bonchev–Trinajstić information content (AvgIpc) is 2.66. The summed E-state index contributed by atoms with van der Waals surface area (Å²) in [6.07, 6.45) is 1.62. The van der Waals surface area contributed by atoms with Crippen LogP contribution >= 0.6 is 15.9 Å². The number of hydrogen-bond acceptors (Lipinski definition) is 4. The third-order valence-electron chi connectivity index (χ3n) is 3.99. The predicted octanol–water partition coefficient (Wildman–Crippen LogP) is 4.38. The first kappa shape index (κ1) is 20.0. The lowest BCUT2D eigenvalue weighted by Gasteiger charge is -2.14. The first-order valence-electron chi connectivity index (χ1n) is 8.41. The molecule has 0 aromatic heterocycles. The highest BCUT2D eigenvalue weighted by atomic mass is 79.9.